The van der Waals surface area contributed by atoms with Crippen LogP contribution in [0, 0.1) is 0 Å². The molecule has 0 unspecified atom stereocenters. The molecule has 3 aromatic rings. The quantitative estimate of drug-likeness (QED) is 0.291. The SMILES string of the molecule is CCOc1cc(S(C)(=O)=O)c(OCC)cc1CNC(=O)Nc1ccc(OCC)c(C(=O)Nc2ccccc2)c1. The van der Waals surface area contributed by atoms with Crippen molar-refractivity contribution in [2.45, 2.75) is 32.2 Å². The van der Waals surface area contributed by atoms with Crippen molar-refractivity contribution in [1.29, 1.82) is 0 Å². The molecule has 0 spiro atoms. The maximum atomic E-state index is 13.0. The normalized spacial score (nSPS) is 10.9. The van der Waals surface area contributed by atoms with E-state index in [9.17, 15) is 18.0 Å². The lowest BCUT2D eigenvalue weighted by atomic mass is 10.1. The molecule has 0 saturated carbocycles. The number of para-hydroxylation sites is 1. The van der Waals surface area contributed by atoms with Crippen molar-refractivity contribution >= 4 is 33.2 Å². The zero-order chi connectivity index (χ0) is 28.4. The monoisotopic (exact) mass is 555 g/mol. The Bertz CT molecular complexity index is 1410. The van der Waals surface area contributed by atoms with Crippen molar-refractivity contribution in [3.63, 3.8) is 0 Å². The van der Waals surface area contributed by atoms with Crippen LogP contribution in [0.4, 0.5) is 16.2 Å². The Morgan fingerprint density at radius 3 is 2.03 bits per heavy atom. The first-order valence-electron chi connectivity index (χ1n) is 12.5. The number of carbonyl (C=O) groups is 2. The molecule has 3 rings (SSSR count). The molecule has 0 radical (unpaired) electrons. The van der Waals surface area contributed by atoms with Crippen LogP contribution in [0.1, 0.15) is 36.7 Å². The molecule has 0 bridgehead atoms. The number of hydrogen-bond acceptors (Lipinski definition) is 7. The van der Waals surface area contributed by atoms with Gasteiger partial charge in [0, 0.05) is 35.8 Å². The molecule has 0 aliphatic heterocycles. The summed E-state index contributed by atoms with van der Waals surface area (Å²) in [6.07, 6.45) is 1.09. The van der Waals surface area contributed by atoms with Crippen LogP contribution < -0.4 is 30.2 Å². The van der Waals surface area contributed by atoms with Gasteiger partial charge in [-0.15, -0.1) is 0 Å². The van der Waals surface area contributed by atoms with Crippen LogP contribution in [0.2, 0.25) is 0 Å². The van der Waals surface area contributed by atoms with Crippen molar-refractivity contribution in [2.75, 3.05) is 36.7 Å². The average Bonchev–Trinajstić information content (AvgIpc) is 2.89. The van der Waals surface area contributed by atoms with Gasteiger partial charge >= 0.3 is 6.03 Å². The molecule has 0 aliphatic rings. The number of carbonyl (C=O) groups excluding carboxylic acids is 2. The van der Waals surface area contributed by atoms with Crippen LogP contribution in [-0.2, 0) is 16.4 Å². The number of benzene rings is 3. The average molecular weight is 556 g/mol. The zero-order valence-electron chi connectivity index (χ0n) is 22.4. The third-order valence-electron chi connectivity index (χ3n) is 5.38. The van der Waals surface area contributed by atoms with E-state index in [2.05, 4.69) is 16.0 Å². The Balaban J connectivity index is 1.78. The van der Waals surface area contributed by atoms with E-state index in [0.29, 0.717) is 41.7 Å². The van der Waals surface area contributed by atoms with E-state index in [0.717, 1.165) is 6.26 Å². The lowest BCUT2D eigenvalue weighted by Gasteiger charge is -2.17. The molecule has 0 aliphatic carbocycles. The first kappa shape index (κ1) is 29.3. The molecular formula is C28H33N3O7S. The molecule has 0 fully saturated rings. The topological polar surface area (TPSA) is 132 Å². The molecule has 11 heteroatoms. The van der Waals surface area contributed by atoms with Crippen LogP contribution in [0.5, 0.6) is 17.2 Å². The predicted octanol–water partition coefficient (Wildman–Crippen LogP) is 4.86. The van der Waals surface area contributed by atoms with E-state index in [-0.39, 0.29) is 35.3 Å². The smallest absolute Gasteiger partial charge is 0.319 e. The summed E-state index contributed by atoms with van der Waals surface area (Å²) in [5, 5.41) is 8.27. The van der Waals surface area contributed by atoms with E-state index in [1.165, 1.54) is 12.1 Å². The number of hydrogen-bond donors (Lipinski definition) is 3. The van der Waals surface area contributed by atoms with E-state index in [4.69, 9.17) is 14.2 Å². The molecular weight excluding hydrogens is 522 g/mol. The lowest BCUT2D eigenvalue weighted by molar-refractivity contribution is 0.102. The van der Waals surface area contributed by atoms with Crippen LogP contribution >= 0.6 is 0 Å². The highest BCUT2D eigenvalue weighted by molar-refractivity contribution is 7.90. The maximum Gasteiger partial charge on any atom is 0.319 e. The zero-order valence-corrected chi connectivity index (χ0v) is 23.2. The Kier molecular flexibility index (Phi) is 10.2. The van der Waals surface area contributed by atoms with Crippen molar-refractivity contribution in [2.24, 2.45) is 0 Å². The van der Waals surface area contributed by atoms with Crippen LogP contribution in [-0.4, -0.2) is 46.4 Å². The summed E-state index contributed by atoms with van der Waals surface area (Å²) in [4.78, 5) is 25.7. The van der Waals surface area contributed by atoms with E-state index >= 15 is 0 Å². The minimum Gasteiger partial charge on any atom is -0.493 e. The van der Waals surface area contributed by atoms with Crippen molar-refractivity contribution in [1.82, 2.24) is 5.32 Å². The summed E-state index contributed by atoms with van der Waals surface area (Å²) >= 11 is 0. The lowest BCUT2D eigenvalue weighted by Crippen LogP contribution is -2.28. The van der Waals surface area contributed by atoms with Crippen molar-refractivity contribution in [3.8, 4) is 17.2 Å². The Hall–Kier alpha value is -4.25. The predicted molar refractivity (Wildman–Crippen MR) is 150 cm³/mol. The van der Waals surface area contributed by atoms with Gasteiger partial charge in [-0.25, -0.2) is 13.2 Å². The number of nitrogens with one attached hydrogen (secondary N) is 3. The summed E-state index contributed by atoms with van der Waals surface area (Å²) in [6.45, 7) is 6.30. The van der Waals surface area contributed by atoms with E-state index < -0.39 is 15.9 Å². The number of rotatable bonds is 12. The third kappa shape index (κ3) is 8.11. The van der Waals surface area contributed by atoms with Gasteiger partial charge in [-0.05, 0) is 57.2 Å². The number of anilines is 2. The van der Waals surface area contributed by atoms with Crippen LogP contribution in [0.15, 0.2) is 65.6 Å². The Morgan fingerprint density at radius 2 is 1.38 bits per heavy atom. The van der Waals surface area contributed by atoms with E-state index in [1.54, 1.807) is 44.2 Å². The summed E-state index contributed by atoms with van der Waals surface area (Å²) < 4.78 is 41.3. The van der Waals surface area contributed by atoms with Crippen molar-refractivity contribution < 1.29 is 32.2 Å². The van der Waals surface area contributed by atoms with Crippen LogP contribution in [0.3, 0.4) is 0 Å². The molecule has 3 N–H and O–H groups in total. The first-order chi connectivity index (χ1) is 18.7. The molecule has 0 atom stereocenters. The minimum atomic E-state index is -3.57. The second kappa shape index (κ2) is 13.5. The highest BCUT2D eigenvalue weighted by atomic mass is 32.2. The number of urea groups is 1. The van der Waals surface area contributed by atoms with Gasteiger partial charge in [0.05, 0.1) is 25.4 Å². The van der Waals surface area contributed by atoms with Gasteiger partial charge in [0.15, 0.2) is 9.84 Å². The molecule has 0 heterocycles. The largest absolute Gasteiger partial charge is 0.493 e. The number of ether oxygens (including phenoxy) is 3. The highest BCUT2D eigenvalue weighted by Crippen LogP contribution is 2.33. The Labute approximate surface area is 228 Å². The standard InChI is InChI=1S/C28H33N3O7S/c1-5-36-23-14-13-21(16-22(23)27(32)30-20-11-9-8-10-12-20)31-28(33)29-18-19-15-25(38-7-3)26(39(4,34)35)17-24(19)37-6-2/h8-17H,5-7,18H2,1-4H3,(H,30,32)(H2,29,31,33). The number of amides is 3. The summed E-state index contributed by atoms with van der Waals surface area (Å²) in [7, 11) is -3.57. The van der Waals surface area contributed by atoms with Gasteiger partial charge in [0.25, 0.3) is 5.91 Å². The minimum absolute atomic E-state index is 0.0108. The van der Waals surface area contributed by atoms with Crippen LogP contribution in [0.25, 0.3) is 0 Å². The fraction of sp³-hybridized carbons (Fsp3) is 0.286. The molecule has 3 aromatic carbocycles. The third-order valence-corrected chi connectivity index (χ3v) is 6.50. The molecule has 10 nitrogen and oxygen atoms in total. The van der Waals surface area contributed by atoms with E-state index in [1.807, 2.05) is 25.1 Å². The van der Waals surface area contributed by atoms with Gasteiger partial charge in [-0.3, -0.25) is 4.79 Å². The van der Waals surface area contributed by atoms with Gasteiger partial charge in [0.1, 0.15) is 22.1 Å². The summed E-state index contributed by atoms with van der Waals surface area (Å²) in [5.74, 6) is 0.501. The van der Waals surface area contributed by atoms with Gasteiger partial charge in [0.2, 0.25) is 0 Å². The molecule has 0 saturated heterocycles. The summed E-state index contributed by atoms with van der Waals surface area (Å²) in [6, 6.07) is 16.2. The number of sulfone groups is 1. The molecule has 3 amide bonds. The van der Waals surface area contributed by atoms with Gasteiger partial charge in [-0.2, -0.15) is 0 Å². The molecule has 39 heavy (non-hydrogen) atoms. The fourth-order valence-electron chi connectivity index (χ4n) is 3.71. The summed E-state index contributed by atoms with van der Waals surface area (Å²) in [5.41, 5.74) is 1.80. The fourth-order valence-corrected chi connectivity index (χ4v) is 4.51. The second-order valence-electron chi connectivity index (χ2n) is 8.32. The Morgan fingerprint density at radius 1 is 0.744 bits per heavy atom. The molecule has 0 aromatic heterocycles. The first-order valence-corrected chi connectivity index (χ1v) is 14.4. The second-order valence-corrected chi connectivity index (χ2v) is 10.3. The maximum absolute atomic E-state index is 13.0. The van der Waals surface area contributed by atoms with Gasteiger partial charge in [-0.1, -0.05) is 18.2 Å². The highest BCUT2D eigenvalue weighted by Gasteiger charge is 2.20. The van der Waals surface area contributed by atoms with Gasteiger partial charge < -0.3 is 30.2 Å². The van der Waals surface area contributed by atoms with Crippen molar-refractivity contribution in [3.05, 3.63) is 71.8 Å². The molecule has 208 valence electrons.